The van der Waals surface area contributed by atoms with Crippen LogP contribution in [0.25, 0.3) is 33.4 Å². The Bertz CT molecular complexity index is 4410. The molecule has 0 bridgehead atoms. The van der Waals surface area contributed by atoms with Gasteiger partial charge in [-0.2, -0.15) is 0 Å². The van der Waals surface area contributed by atoms with Crippen LogP contribution in [0.1, 0.15) is 72.3 Å². The lowest BCUT2D eigenvalue weighted by Gasteiger charge is -2.15. The second kappa shape index (κ2) is 44.1. The molecule has 12 rings (SSSR count). The number of ether oxygens (including phenoxy) is 10. The summed E-state index contributed by atoms with van der Waals surface area (Å²) in [7, 11) is 15.1. The standard InChI is InChI=1S/C20H18O.C14H14O2.C14H14O.2C10H14O.C9H12O2.C9H12O.C8H10O/c1-15-13-18(16-9-5-3-6-10-16)20(21-2)19(14-15)17-11-7-4-8-12-17;1-11-8-9-13(15-2)14(10-11)16-12-6-4-3-5-7-12;1-11-8-9-14(15-2)13(10-11)12-6-4-3-5-7-12;1-7-5-9(3)10(11-4)6-8(7)2;1-7-5-8(2)10(11-4)9(3)6-7;1-7-4-5-8(10-2)9(6-7)11-3;1-7-4-5-9(10-3)8(2)6-7;1-7-3-5-8(9-2)6-4-7/h3-14H,1-2H3;3-10H,1-2H3;3-10H,1-2H3;2*5-6H,1-4H3;4-6H,1-3H3;4-6H,1-3H3;3-6H,1-2H3. The molecule has 10 nitrogen and oxygen atoms in total. The van der Waals surface area contributed by atoms with Gasteiger partial charge in [0.2, 0.25) is 0 Å². The Hall–Kier alpha value is -11.4. The zero-order valence-electron chi connectivity index (χ0n) is 65.3. The van der Waals surface area contributed by atoms with Crippen molar-refractivity contribution < 1.29 is 47.4 Å². The molecule has 0 amide bonds. The molecule has 104 heavy (non-hydrogen) atoms. The second-order valence-corrected chi connectivity index (χ2v) is 25.0. The Morgan fingerprint density at radius 2 is 0.510 bits per heavy atom. The monoisotopic (exact) mass is 1400 g/mol. The second-order valence-electron chi connectivity index (χ2n) is 25.0. The minimum Gasteiger partial charge on any atom is -0.497 e. The molecule has 0 aliphatic rings. The molecule has 0 N–H and O–H groups in total. The van der Waals surface area contributed by atoms with Crippen LogP contribution in [0, 0.1) is 90.0 Å². The van der Waals surface area contributed by atoms with Crippen LogP contribution in [0.5, 0.6) is 63.2 Å². The van der Waals surface area contributed by atoms with Gasteiger partial charge in [-0.25, -0.2) is 0 Å². The number of hydrogen-bond donors (Lipinski definition) is 0. The van der Waals surface area contributed by atoms with Crippen molar-refractivity contribution in [3.8, 4) is 96.6 Å². The highest BCUT2D eigenvalue weighted by molar-refractivity contribution is 5.83. The number of methoxy groups -OCH3 is 9. The van der Waals surface area contributed by atoms with E-state index in [0.717, 1.165) is 85.5 Å². The minimum absolute atomic E-state index is 0.744. The van der Waals surface area contributed by atoms with Crippen molar-refractivity contribution in [3.63, 3.8) is 0 Å². The van der Waals surface area contributed by atoms with Crippen LogP contribution in [0.2, 0.25) is 0 Å². The molecule has 12 aromatic carbocycles. The summed E-state index contributed by atoms with van der Waals surface area (Å²) in [6.45, 7) is 26.9. The van der Waals surface area contributed by atoms with Gasteiger partial charge in [-0.05, 0) is 242 Å². The van der Waals surface area contributed by atoms with Crippen LogP contribution in [-0.4, -0.2) is 64.0 Å². The molecule has 10 heteroatoms. The van der Waals surface area contributed by atoms with E-state index in [4.69, 9.17) is 47.4 Å². The third-order valence-electron chi connectivity index (χ3n) is 16.5. The average Bonchev–Trinajstić information content (AvgIpc) is 0.794. The van der Waals surface area contributed by atoms with E-state index in [-0.39, 0.29) is 0 Å². The molecule has 0 unspecified atom stereocenters. The maximum atomic E-state index is 5.76. The predicted molar refractivity (Wildman–Crippen MR) is 435 cm³/mol. The SMILES string of the molecule is COc1c(-c2ccccc2)cc(C)cc1-c1ccccc1.COc1c(C)cc(C)cc1C.COc1cc(C)c(C)cc1C.COc1ccc(C)cc1.COc1ccc(C)cc1-c1ccccc1.COc1ccc(C)cc1C.COc1ccc(C)cc1OC.COc1ccc(C)cc1Oc1ccccc1. The summed E-state index contributed by atoms with van der Waals surface area (Å²) in [5, 5.41) is 0. The molecule has 0 aliphatic carbocycles. The van der Waals surface area contributed by atoms with Gasteiger partial charge >= 0.3 is 0 Å². The molecule has 0 spiro atoms. The van der Waals surface area contributed by atoms with E-state index in [1.165, 1.54) is 83.5 Å². The smallest absolute Gasteiger partial charge is 0.169 e. The highest BCUT2D eigenvalue weighted by atomic mass is 16.5. The molecule has 12 aromatic rings. The molecule has 0 radical (unpaired) electrons. The van der Waals surface area contributed by atoms with Crippen LogP contribution >= 0.6 is 0 Å². The van der Waals surface area contributed by atoms with Crippen LogP contribution in [0.3, 0.4) is 0 Å². The van der Waals surface area contributed by atoms with Gasteiger partial charge in [-0.3, -0.25) is 0 Å². The van der Waals surface area contributed by atoms with Gasteiger partial charge in [0.05, 0.1) is 64.0 Å². The Morgan fingerprint density at radius 1 is 0.173 bits per heavy atom. The lowest BCUT2D eigenvalue weighted by Crippen LogP contribution is -1.93. The Balaban J connectivity index is 0.000000217. The van der Waals surface area contributed by atoms with Crippen LogP contribution in [0.4, 0.5) is 0 Å². The normalized spacial score (nSPS) is 9.83. The van der Waals surface area contributed by atoms with Crippen LogP contribution < -0.4 is 47.4 Å². The first-order chi connectivity index (χ1) is 50.0. The summed E-state index contributed by atoms with van der Waals surface area (Å²) >= 11 is 0. The van der Waals surface area contributed by atoms with Gasteiger partial charge in [0.25, 0.3) is 0 Å². The molecular weight excluding hydrogens is 1290 g/mol. The first-order valence-corrected chi connectivity index (χ1v) is 34.5. The van der Waals surface area contributed by atoms with E-state index in [9.17, 15) is 0 Å². The first-order valence-electron chi connectivity index (χ1n) is 34.5. The lowest BCUT2D eigenvalue weighted by atomic mass is 9.95. The molecule has 0 aliphatic heterocycles. The quantitative estimate of drug-likeness (QED) is 0.105. The molecule has 0 saturated heterocycles. The average molecular weight is 1400 g/mol. The fourth-order valence-corrected chi connectivity index (χ4v) is 11.1. The van der Waals surface area contributed by atoms with E-state index in [1.54, 1.807) is 64.0 Å². The third kappa shape index (κ3) is 26.9. The Morgan fingerprint density at radius 3 is 0.942 bits per heavy atom. The maximum Gasteiger partial charge on any atom is 0.169 e. The van der Waals surface area contributed by atoms with Crippen molar-refractivity contribution in [1.82, 2.24) is 0 Å². The largest absolute Gasteiger partial charge is 0.497 e. The molecule has 0 fully saturated rings. The number of aryl methyl sites for hydroxylation is 13. The number of rotatable bonds is 14. The summed E-state index contributed by atoms with van der Waals surface area (Å²) in [5.41, 5.74) is 23.0. The number of hydrogen-bond acceptors (Lipinski definition) is 10. The summed E-state index contributed by atoms with van der Waals surface area (Å²) < 4.78 is 52.7. The molecule has 0 atom stereocenters. The van der Waals surface area contributed by atoms with Gasteiger partial charge in [0.1, 0.15) is 40.2 Å². The van der Waals surface area contributed by atoms with E-state index < -0.39 is 0 Å². The van der Waals surface area contributed by atoms with Crippen molar-refractivity contribution in [1.29, 1.82) is 0 Å². The van der Waals surface area contributed by atoms with E-state index in [0.29, 0.717) is 0 Å². The fourth-order valence-electron chi connectivity index (χ4n) is 11.1. The van der Waals surface area contributed by atoms with Crippen molar-refractivity contribution >= 4 is 0 Å². The van der Waals surface area contributed by atoms with E-state index >= 15 is 0 Å². The lowest BCUT2D eigenvalue weighted by molar-refractivity contribution is 0.354. The summed E-state index contributed by atoms with van der Waals surface area (Å²) in [4.78, 5) is 0. The van der Waals surface area contributed by atoms with Gasteiger partial charge in [0.15, 0.2) is 23.0 Å². The van der Waals surface area contributed by atoms with Crippen LogP contribution in [0.15, 0.2) is 255 Å². The zero-order valence-corrected chi connectivity index (χ0v) is 65.3. The third-order valence-corrected chi connectivity index (χ3v) is 16.5. The van der Waals surface area contributed by atoms with Gasteiger partial charge in [-0.15, -0.1) is 0 Å². The summed E-state index contributed by atoms with van der Waals surface area (Å²) in [6, 6.07) is 85.6. The van der Waals surface area contributed by atoms with Gasteiger partial charge in [0, 0.05) is 16.7 Å². The Kier molecular flexibility index (Phi) is 35.3. The molecule has 0 heterocycles. The number of para-hydroxylation sites is 1. The minimum atomic E-state index is 0.744. The predicted octanol–water partition coefficient (Wildman–Crippen LogP) is 24.4. The molecule has 0 aromatic heterocycles. The molecule has 0 saturated carbocycles. The van der Waals surface area contributed by atoms with Crippen molar-refractivity contribution in [3.05, 3.63) is 327 Å². The zero-order chi connectivity index (χ0) is 76.1. The maximum absolute atomic E-state index is 5.76. The number of benzene rings is 12. The first kappa shape index (κ1) is 83.3. The van der Waals surface area contributed by atoms with Crippen molar-refractivity contribution in [2.24, 2.45) is 0 Å². The highest BCUT2D eigenvalue weighted by Crippen LogP contribution is 2.40. The van der Waals surface area contributed by atoms with Crippen molar-refractivity contribution in [2.75, 3.05) is 64.0 Å². The highest BCUT2D eigenvalue weighted by Gasteiger charge is 2.14. The van der Waals surface area contributed by atoms with Gasteiger partial charge < -0.3 is 47.4 Å². The Labute approximate surface area is 621 Å². The summed E-state index contributed by atoms with van der Waals surface area (Å²) in [5.74, 6) is 9.58. The topological polar surface area (TPSA) is 92.3 Å². The fraction of sp³-hybridized carbons (Fsp3) is 0.234. The molecular formula is C94H108O10. The molecule has 544 valence electrons. The van der Waals surface area contributed by atoms with Gasteiger partial charge in [-0.1, -0.05) is 192 Å². The summed E-state index contributed by atoms with van der Waals surface area (Å²) in [6.07, 6.45) is 0. The van der Waals surface area contributed by atoms with E-state index in [1.807, 2.05) is 160 Å². The van der Waals surface area contributed by atoms with E-state index in [2.05, 4.69) is 184 Å². The van der Waals surface area contributed by atoms with Crippen molar-refractivity contribution in [2.45, 2.75) is 90.0 Å². The van der Waals surface area contributed by atoms with Crippen LogP contribution in [-0.2, 0) is 0 Å².